The van der Waals surface area contributed by atoms with E-state index in [4.69, 9.17) is 13.9 Å². The number of halogens is 1. The van der Waals surface area contributed by atoms with Crippen molar-refractivity contribution in [3.05, 3.63) is 54.7 Å². The van der Waals surface area contributed by atoms with Gasteiger partial charge in [-0.2, -0.15) is 0 Å². The van der Waals surface area contributed by atoms with Gasteiger partial charge in [-0.1, -0.05) is 32.9 Å². The lowest BCUT2D eigenvalue weighted by atomic mass is 9.85. The van der Waals surface area contributed by atoms with E-state index in [0.29, 0.717) is 18.4 Å². The Morgan fingerprint density at radius 3 is 2.40 bits per heavy atom. The minimum absolute atomic E-state index is 0.0630. The van der Waals surface area contributed by atoms with Crippen molar-refractivity contribution in [1.29, 1.82) is 0 Å². The van der Waals surface area contributed by atoms with Crippen LogP contribution in [-0.4, -0.2) is 84.7 Å². The Morgan fingerprint density at radius 2 is 1.85 bits per heavy atom. The number of nitrogens with zero attached hydrogens (tertiary/aromatic N) is 2. The van der Waals surface area contributed by atoms with E-state index >= 15 is 4.39 Å². The van der Waals surface area contributed by atoms with Gasteiger partial charge in [-0.15, -0.1) is 6.58 Å². The van der Waals surface area contributed by atoms with Crippen LogP contribution in [0.1, 0.15) is 77.7 Å². The van der Waals surface area contributed by atoms with Gasteiger partial charge in [0.15, 0.2) is 0 Å². The van der Waals surface area contributed by atoms with Crippen LogP contribution in [0.25, 0.3) is 11.5 Å². The highest BCUT2D eigenvalue weighted by Crippen LogP contribution is 2.47. The van der Waals surface area contributed by atoms with Gasteiger partial charge in [0.25, 0.3) is 5.91 Å². The molecule has 14 nitrogen and oxygen atoms in total. The Kier molecular flexibility index (Phi) is 10.0. The molecule has 52 heavy (non-hydrogen) atoms. The zero-order valence-corrected chi connectivity index (χ0v) is 30.6. The number of amides is 4. The lowest BCUT2D eigenvalue weighted by Crippen LogP contribution is -2.60. The van der Waals surface area contributed by atoms with Crippen molar-refractivity contribution in [3.63, 3.8) is 0 Å². The summed E-state index contributed by atoms with van der Waals surface area (Å²) in [5, 5.41) is 4.81. The van der Waals surface area contributed by atoms with E-state index in [1.807, 2.05) is 0 Å². The highest BCUT2D eigenvalue weighted by Gasteiger charge is 2.63. The minimum Gasteiger partial charge on any atom is -0.446 e. The lowest BCUT2D eigenvalue weighted by Gasteiger charge is -2.36. The maximum atomic E-state index is 15.6. The number of sulfonamides is 1. The van der Waals surface area contributed by atoms with E-state index in [-0.39, 0.29) is 36.9 Å². The number of nitrogens with one attached hydrogen (secondary N) is 3. The lowest BCUT2D eigenvalue weighted by molar-refractivity contribution is -0.143. The van der Waals surface area contributed by atoms with Crippen LogP contribution in [0.4, 0.5) is 9.18 Å². The van der Waals surface area contributed by atoms with Crippen LogP contribution in [-0.2, 0) is 39.5 Å². The van der Waals surface area contributed by atoms with Crippen LogP contribution >= 0.6 is 0 Å². The number of aromatic nitrogens is 1. The number of methoxy groups -OCH3 is 1. The molecule has 1 aromatic carbocycles. The number of carbonyl (C=O) groups is 4. The first-order chi connectivity index (χ1) is 24.5. The van der Waals surface area contributed by atoms with Crippen molar-refractivity contribution >= 4 is 33.8 Å². The molecule has 4 amide bonds. The first-order valence-corrected chi connectivity index (χ1v) is 19.1. The van der Waals surface area contributed by atoms with E-state index in [9.17, 15) is 27.6 Å². The maximum absolute atomic E-state index is 15.6. The molecule has 0 unspecified atom stereocenters. The number of carbonyl (C=O) groups excluding carboxylic acids is 4. The second-order valence-electron chi connectivity index (χ2n) is 15.4. The number of hydrogen-bond donors (Lipinski definition) is 3. The summed E-state index contributed by atoms with van der Waals surface area (Å²) in [4.78, 5) is 60.9. The molecule has 2 heterocycles. The van der Waals surface area contributed by atoms with Crippen molar-refractivity contribution in [1.82, 2.24) is 25.2 Å². The SMILES string of the molecule is C=C[C@@H]1C[C@]1(NC(=O)[C@@H]1C[C@@](OC)(c2ccc(-c3ncco3)c(F)c2)CN1C(=O)[C@@H](NC(=O)OC1CCCC1)C(C)(C)C)C(=O)NS(=O)(=O)C1CC1. The largest absolute Gasteiger partial charge is 0.446 e. The van der Waals surface area contributed by atoms with Gasteiger partial charge in [-0.3, -0.25) is 19.1 Å². The highest BCUT2D eigenvalue weighted by atomic mass is 32.2. The Hall–Kier alpha value is -4.31. The number of ether oxygens (including phenoxy) is 2. The first kappa shape index (κ1) is 37.4. The average Bonchev–Trinajstić information content (AvgIpc) is 3.85. The molecular formula is C36H46FN5O9S. The molecule has 2 aromatic rings. The van der Waals surface area contributed by atoms with Crippen LogP contribution in [0.5, 0.6) is 0 Å². The summed E-state index contributed by atoms with van der Waals surface area (Å²) in [5.41, 5.74) is -3.50. The number of oxazole rings is 1. The van der Waals surface area contributed by atoms with Gasteiger partial charge in [0.1, 0.15) is 41.4 Å². The summed E-state index contributed by atoms with van der Waals surface area (Å²) in [6, 6.07) is 1.83. The zero-order chi connectivity index (χ0) is 37.6. The summed E-state index contributed by atoms with van der Waals surface area (Å²) in [5.74, 6) is -3.46. The zero-order valence-electron chi connectivity index (χ0n) is 29.8. The molecule has 4 aliphatic rings. The Morgan fingerprint density at radius 1 is 1.13 bits per heavy atom. The minimum atomic E-state index is -3.94. The van der Waals surface area contributed by atoms with Gasteiger partial charge in [0.05, 0.1) is 23.6 Å². The number of alkyl carbamates (subject to hydrolysis) is 1. The molecule has 1 aromatic heterocycles. The first-order valence-electron chi connectivity index (χ1n) is 17.6. The van der Waals surface area contributed by atoms with Gasteiger partial charge in [0.2, 0.25) is 27.7 Å². The summed E-state index contributed by atoms with van der Waals surface area (Å²) in [6.45, 7) is 8.80. The third-order valence-corrected chi connectivity index (χ3v) is 12.5. The number of rotatable bonds is 12. The molecule has 5 atom stereocenters. The van der Waals surface area contributed by atoms with E-state index in [1.165, 1.54) is 42.7 Å². The Bertz CT molecular complexity index is 1840. The van der Waals surface area contributed by atoms with Gasteiger partial charge in [0, 0.05) is 19.4 Å². The molecule has 1 saturated heterocycles. The van der Waals surface area contributed by atoms with Crippen molar-refractivity contribution < 1.29 is 45.9 Å². The molecule has 0 spiro atoms. The predicted octanol–water partition coefficient (Wildman–Crippen LogP) is 3.68. The molecule has 0 bridgehead atoms. The fourth-order valence-corrected chi connectivity index (χ4v) is 8.65. The second kappa shape index (κ2) is 13.9. The molecule has 3 aliphatic carbocycles. The normalized spacial score (nSPS) is 26.8. The molecule has 3 saturated carbocycles. The third kappa shape index (κ3) is 7.31. The molecular weight excluding hydrogens is 697 g/mol. The summed E-state index contributed by atoms with van der Waals surface area (Å²) >= 11 is 0. The van der Waals surface area contributed by atoms with Crippen molar-refractivity contribution in [2.45, 2.75) is 107 Å². The molecule has 4 fully saturated rings. The van der Waals surface area contributed by atoms with Crippen molar-refractivity contribution in [3.8, 4) is 11.5 Å². The Labute approximate surface area is 302 Å². The second-order valence-corrected chi connectivity index (χ2v) is 17.3. The molecule has 1 aliphatic heterocycles. The fourth-order valence-electron chi connectivity index (χ4n) is 7.28. The smallest absolute Gasteiger partial charge is 0.408 e. The topological polar surface area (TPSA) is 186 Å². The van der Waals surface area contributed by atoms with Crippen LogP contribution in [0.15, 0.2) is 47.7 Å². The van der Waals surface area contributed by atoms with Gasteiger partial charge in [-0.05, 0) is 68.1 Å². The average molecular weight is 744 g/mol. The summed E-state index contributed by atoms with van der Waals surface area (Å²) < 4.78 is 60.1. The summed E-state index contributed by atoms with van der Waals surface area (Å²) in [7, 11) is -2.56. The molecule has 16 heteroatoms. The fraction of sp³-hybridized carbons (Fsp3) is 0.583. The van der Waals surface area contributed by atoms with E-state index < -0.39 is 79.5 Å². The maximum Gasteiger partial charge on any atom is 0.408 e. The van der Waals surface area contributed by atoms with E-state index in [2.05, 4.69) is 26.9 Å². The number of likely N-dealkylation sites (tertiary alicyclic amines) is 1. The van der Waals surface area contributed by atoms with E-state index in [0.717, 1.165) is 25.7 Å². The molecule has 3 N–H and O–H groups in total. The van der Waals surface area contributed by atoms with Crippen molar-refractivity contribution in [2.75, 3.05) is 13.7 Å². The monoisotopic (exact) mass is 743 g/mol. The standard InChI is InChI=1S/C36H46FN5O9S/c1-6-21-18-36(21,32(45)41-52(47,48)24-12-13-24)40-29(43)27-19-35(49-5,22-11-14-25(26(37)17-22)30-38-15-16-50-30)20-42(27)31(44)28(34(2,3)4)39-33(46)51-23-9-7-8-10-23/h6,11,14-17,21,23-24,27-28H,1,7-10,12-13,18-20H2,2-5H3,(H,39,46)(H,40,43)(H,41,45)/t21-,27+,28-,35+,36-/m1/s1. The van der Waals surface area contributed by atoms with Gasteiger partial charge in [-0.25, -0.2) is 22.6 Å². The summed E-state index contributed by atoms with van der Waals surface area (Å²) in [6.07, 6.45) is 7.24. The van der Waals surface area contributed by atoms with Crippen LogP contribution in [0, 0.1) is 17.2 Å². The highest BCUT2D eigenvalue weighted by molar-refractivity contribution is 7.91. The Balaban J connectivity index is 1.33. The van der Waals surface area contributed by atoms with Crippen molar-refractivity contribution in [2.24, 2.45) is 11.3 Å². The quantitative estimate of drug-likeness (QED) is 0.271. The molecule has 0 radical (unpaired) electrons. The van der Waals surface area contributed by atoms with Crippen LogP contribution in [0.2, 0.25) is 0 Å². The number of hydrogen-bond acceptors (Lipinski definition) is 10. The van der Waals surface area contributed by atoms with Gasteiger partial charge < -0.3 is 29.4 Å². The predicted molar refractivity (Wildman–Crippen MR) is 185 cm³/mol. The van der Waals surface area contributed by atoms with Crippen LogP contribution < -0.4 is 15.4 Å². The number of benzene rings is 1. The molecule has 282 valence electrons. The van der Waals surface area contributed by atoms with E-state index in [1.54, 1.807) is 26.8 Å². The molecule has 6 rings (SSSR count). The third-order valence-electron chi connectivity index (χ3n) is 10.7. The van der Waals surface area contributed by atoms with Crippen LogP contribution in [0.3, 0.4) is 0 Å². The van der Waals surface area contributed by atoms with Gasteiger partial charge >= 0.3 is 6.09 Å².